The van der Waals surface area contributed by atoms with Crippen LogP contribution in [0.2, 0.25) is 0 Å². The van der Waals surface area contributed by atoms with Crippen molar-refractivity contribution >= 4 is 11.6 Å². The molecule has 2 aromatic rings. The van der Waals surface area contributed by atoms with Gasteiger partial charge in [-0.3, -0.25) is 4.99 Å². The van der Waals surface area contributed by atoms with E-state index in [0.717, 1.165) is 17.9 Å². The Labute approximate surface area is 154 Å². The van der Waals surface area contributed by atoms with Crippen molar-refractivity contribution in [1.82, 2.24) is 5.32 Å². The van der Waals surface area contributed by atoms with Crippen molar-refractivity contribution in [3.05, 3.63) is 42.4 Å². The smallest absolute Gasteiger partial charge is 0.195 e. The average molecular weight is 361 g/mol. The highest BCUT2D eigenvalue weighted by molar-refractivity contribution is 5.94. The molecule has 0 aliphatic rings. The predicted molar refractivity (Wildman–Crippen MR) is 102 cm³/mol. The summed E-state index contributed by atoms with van der Waals surface area (Å²) < 4.78 is 21.4. The van der Waals surface area contributed by atoms with E-state index in [1.807, 2.05) is 37.3 Å². The summed E-state index contributed by atoms with van der Waals surface area (Å²) in [6.45, 7) is 4.31. The number of guanidine groups is 1. The number of nitrogens with one attached hydrogen (secondary N) is 2. The number of hydrogen-bond acceptors (Lipinski definition) is 5. The number of benzene rings is 1. The highest BCUT2D eigenvalue weighted by Gasteiger charge is 2.07. The summed E-state index contributed by atoms with van der Waals surface area (Å²) in [5, 5.41) is 6.58. The summed E-state index contributed by atoms with van der Waals surface area (Å²) in [4.78, 5) is 4.51. The minimum Gasteiger partial charge on any atom is -0.493 e. The molecule has 0 saturated heterocycles. The fraction of sp³-hybridized carbons (Fsp3) is 0.421. The van der Waals surface area contributed by atoms with E-state index in [2.05, 4.69) is 15.6 Å². The number of rotatable bonds is 10. The number of furan rings is 1. The summed E-state index contributed by atoms with van der Waals surface area (Å²) in [6.07, 6.45) is 2.44. The first-order valence-electron chi connectivity index (χ1n) is 8.64. The van der Waals surface area contributed by atoms with Crippen molar-refractivity contribution < 1.29 is 18.6 Å². The van der Waals surface area contributed by atoms with E-state index in [1.54, 1.807) is 20.5 Å². The van der Waals surface area contributed by atoms with Gasteiger partial charge >= 0.3 is 0 Å². The van der Waals surface area contributed by atoms with Gasteiger partial charge in [0.15, 0.2) is 17.5 Å². The van der Waals surface area contributed by atoms with E-state index in [-0.39, 0.29) is 0 Å². The molecule has 0 unspecified atom stereocenters. The lowest BCUT2D eigenvalue weighted by molar-refractivity contribution is 0.208. The number of methoxy groups -OCH3 is 2. The van der Waals surface area contributed by atoms with Crippen molar-refractivity contribution in [1.29, 1.82) is 0 Å². The molecule has 0 aliphatic heterocycles. The number of nitrogens with zero attached hydrogens (tertiary/aromatic N) is 1. The van der Waals surface area contributed by atoms with E-state index in [1.165, 1.54) is 0 Å². The molecule has 7 heteroatoms. The van der Waals surface area contributed by atoms with Gasteiger partial charge in [-0.1, -0.05) is 0 Å². The van der Waals surface area contributed by atoms with Gasteiger partial charge in [0, 0.05) is 31.8 Å². The monoisotopic (exact) mass is 361 g/mol. The second kappa shape index (κ2) is 11.0. The number of hydrogen-bond donors (Lipinski definition) is 2. The summed E-state index contributed by atoms with van der Waals surface area (Å²) in [5.74, 6) is 2.98. The first kappa shape index (κ1) is 19.7. The van der Waals surface area contributed by atoms with Crippen LogP contribution in [0.1, 0.15) is 12.7 Å². The molecule has 142 valence electrons. The van der Waals surface area contributed by atoms with E-state index >= 15 is 0 Å². The van der Waals surface area contributed by atoms with Gasteiger partial charge in [-0.25, -0.2) is 0 Å². The normalized spacial score (nSPS) is 11.3. The van der Waals surface area contributed by atoms with Gasteiger partial charge in [-0.2, -0.15) is 0 Å². The highest BCUT2D eigenvalue weighted by Crippen LogP contribution is 2.30. The molecular weight excluding hydrogens is 334 g/mol. The predicted octanol–water partition coefficient (Wildman–Crippen LogP) is 2.93. The molecule has 1 heterocycles. The molecule has 0 radical (unpaired) electrons. The first-order valence-corrected chi connectivity index (χ1v) is 8.64. The van der Waals surface area contributed by atoms with Gasteiger partial charge in [-0.05, 0) is 31.2 Å². The third kappa shape index (κ3) is 6.33. The summed E-state index contributed by atoms with van der Waals surface area (Å²) in [5.41, 5.74) is 0.857. The van der Waals surface area contributed by atoms with Crippen LogP contribution in [0.5, 0.6) is 11.5 Å². The second-order valence-corrected chi connectivity index (χ2v) is 5.40. The van der Waals surface area contributed by atoms with Crippen LogP contribution in [0.4, 0.5) is 5.69 Å². The van der Waals surface area contributed by atoms with Crippen LogP contribution in [0.15, 0.2) is 46.0 Å². The molecule has 26 heavy (non-hydrogen) atoms. The maximum absolute atomic E-state index is 5.62. The number of ether oxygens (including phenoxy) is 3. The standard InChI is InChI=1S/C19H27N3O4/c1-4-25-18-14-15(7-8-17(18)24-3)22-19(21-11-13-23-2)20-10-9-16-6-5-12-26-16/h5-8,12,14H,4,9-11,13H2,1-3H3,(H2,20,21,22). The Morgan fingerprint density at radius 2 is 2.08 bits per heavy atom. The van der Waals surface area contributed by atoms with Crippen molar-refractivity contribution in [3.63, 3.8) is 0 Å². The topological polar surface area (TPSA) is 77.2 Å². The molecule has 0 saturated carbocycles. The Morgan fingerprint density at radius 3 is 2.77 bits per heavy atom. The number of aliphatic imine (C=N–C) groups is 1. The Hall–Kier alpha value is -2.67. The van der Waals surface area contributed by atoms with Crippen LogP contribution >= 0.6 is 0 Å². The zero-order chi connectivity index (χ0) is 18.6. The molecule has 0 spiro atoms. The Kier molecular flexibility index (Phi) is 8.35. The lowest BCUT2D eigenvalue weighted by Gasteiger charge is -2.15. The van der Waals surface area contributed by atoms with Gasteiger partial charge in [0.25, 0.3) is 0 Å². The SMILES string of the molecule is CCOc1cc(NC(=NCCOC)NCCc2ccco2)ccc1OC. The maximum atomic E-state index is 5.62. The van der Waals surface area contributed by atoms with Gasteiger partial charge in [-0.15, -0.1) is 0 Å². The van der Waals surface area contributed by atoms with Crippen LogP contribution in [-0.4, -0.2) is 46.5 Å². The molecule has 1 aromatic heterocycles. The molecule has 0 bridgehead atoms. The Balaban J connectivity index is 2.02. The first-order chi connectivity index (χ1) is 12.8. The van der Waals surface area contributed by atoms with Crippen molar-refractivity contribution in [2.24, 2.45) is 4.99 Å². The molecule has 2 N–H and O–H groups in total. The van der Waals surface area contributed by atoms with Crippen LogP contribution in [-0.2, 0) is 11.2 Å². The second-order valence-electron chi connectivity index (χ2n) is 5.40. The third-order valence-corrected chi connectivity index (χ3v) is 3.54. The van der Waals surface area contributed by atoms with E-state index in [9.17, 15) is 0 Å². The maximum Gasteiger partial charge on any atom is 0.195 e. The van der Waals surface area contributed by atoms with Crippen molar-refractivity contribution in [2.75, 3.05) is 45.8 Å². The van der Waals surface area contributed by atoms with E-state index in [0.29, 0.717) is 43.8 Å². The quantitative estimate of drug-likeness (QED) is 0.385. The minimum absolute atomic E-state index is 0.553. The lowest BCUT2D eigenvalue weighted by Crippen LogP contribution is -2.33. The van der Waals surface area contributed by atoms with Crippen LogP contribution in [0.25, 0.3) is 0 Å². The molecule has 1 aromatic carbocycles. The fourth-order valence-corrected chi connectivity index (χ4v) is 2.31. The molecule has 7 nitrogen and oxygen atoms in total. The lowest BCUT2D eigenvalue weighted by atomic mass is 10.2. The fourth-order valence-electron chi connectivity index (χ4n) is 2.31. The Morgan fingerprint density at radius 1 is 1.19 bits per heavy atom. The summed E-state index contributed by atoms with van der Waals surface area (Å²) in [6, 6.07) is 9.51. The van der Waals surface area contributed by atoms with Gasteiger partial charge in [0.2, 0.25) is 0 Å². The van der Waals surface area contributed by atoms with Crippen LogP contribution < -0.4 is 20.1 Å². The van der Waals surface area contributed by atoms with Crippen LogP contribution in [0, 0.1) is 0 Å². The zero-order valence-electron chi connectivity index (χ0n) is 15.6. The molecule has 0 atom stereocenters. The zero-order valence-corrected chi connectivity index (χ0v) is 15.6. The minimum atomic E-state index is 0.553. The third-order valence-electron chi connectivity index (χ3n) is 3.54. The molecule has 0 fully saturated rings. The average Bonchev–Trinajstić information content (AvgIpc) is 3.16. The number of anilines is 1. The van der Waals surface area contributed by atoms with Crippen molar-refractivity contribution in [3.8, 4) is 11.5 Å². The van der Waals surface area contributed by atoms with Gasteiger partial charge in [0.1, 0.15) is 5.76 Å². The van der Waals surface area contributed by atoms with E-state index in [4.69, 9.17) is 18.6 Å². The Bertz CT molecular complexity index is 671. The molecule has 0 aliphatic carbocycles. The van der Waals surface area contributed by atoms with Crippen LogP contribution in [0.3, 0.4) is 0 Å². The summed E-state index contributed by atoms with van der Waals surface area (Å²) in [7, 11) is 3.28. The molecular formula is C19H27N3O4. The molecule has 2 rings (SSSR count). The largest absolute Gasteiger partial charge is 0.493 e. The molecule has 0 amide bonds. The highest BCUT2D eigenvalue weighted by atomic mass is 16.5. The van der Waals surface area contributed by atoms with Gasteiger partial charge in [0.05, 0.1) is 33.1 Å². The van der Waals surface area contributed by atoms with E-state index < -0.39 is 0 Å². The van der Waals surface area contributed by atoms with Crippen molar-refractivity contribution in [2.45, 2.75) is 13.3 Å². The van der Waals surface area contributed by atoms with Gasteiger partial charge < -0.3 is 29.3 Å². The summed E-state index contributed by atoms with van der Waals surface area (Å²) >= 11 is 0.